The Morgan fingerprint density at radius 1 is 0.280 bits per heavy atom. The lowest BCUT2D eigenvalue weighted by molar-refractivity contribution is -0.166. The number of hydrogen-bond acceptors (Lipinski definition) is 6. The average molecular weight is 1040 g/mol. The monoisotopic (exact) mass is 1040 g/mol. The summed E-state index contributed by atoms with van der Waals surface area (Å²) in [6.07, 6.45) is 86.3. The van der Waals surface area contributed by atoms with Crippen LogP contribution in [0.3, 0.4) is 0 Å². The van der Waals surface area contributed by atoms with Gasteiger partial charge in [-0.3, -0.25) is 14.4 Å². The highest BCUT2D eigenvalue weighted by molar-refractivity contribution is 5.71. The molecule has 0 spiro atoms. The quantitative estimate of drug-likeness (QED) is 0.0261. The number of carbonyl (C=O) groups excluding carboxylic acids is 3. The van der Waals surface area contributed by atoms with Crippen molar-refractivity contribution in [3.63, 3.8) is 0 Å². The molecule has 0 aliphatic carbocycles. The fraction of sp³-hybridized carbons (Fsp3) is 0.667. The highest BCUT2D eigenvalue weighted by atomic mass is 16.6. The molecule has 75 heavy (non-hydrogen) atoms. The van der Waals surface area contributed by atoms with Gasteiger partial charge in [-0.05, 0) is 122 Å². The second kappa shape index (κ2) is 62.4. The Morgan fingerprint density at radius 2 is 0.547 bits per heavy atom. The largest absolute Gasteiger partial charge is 0.462 e. The van der Waals surface area contributed by atoms with Crippen LogP contribution < -0.4 is 0 Å². The fourth-order valence-electron chi connectivity index (χ4n) is 8.29. The van der Waals surface area contributed by atoms with Crippen molar-refractivity contribution < 1.29 is 28.6 Å². The molecule has 0 aromatic rings. The number of hydrogen-bond donors (Lipinski definition) is 0. The summed E-state index contributed by atoms with van der Waals surface area (Å²) in [7, 11) is 0. The second-order valence-electron chi connectivity index (χ2n) is 20.2. The van der Waals surface area contributed by atoms with E-state index in [-0.39, 0.29) is 37.5 Å². The molecule has 0 aliphatic rings. The molecule has 0 unspecified atom stereocenters. The number of carbonyl (C=O) groups is 3. The van der Waals surface area contributed by atoms with Gasteiger partial charge in [-0.15, -0.1) is 0 Å². The SMILES string of the molecule is CC/C=C\C/C=C\C/C=C\C/C=C\C/C=C\C/C=C\CCC(=O)OC[C@H](COC(=O)CCCCCCCCCCC/C=C\C/C=C\CCCCC)OC(=O)CCCCCCCCCCC/C=C\C/C=C\CCCCC. The van der Waals surface area contributed by atoms with Gasteiger partial charge in [0.2, 0.25) is 0 Å². The molecular formula is C69H114O6. The van der Waals surface area contributed by atoms with Gasteiger partial charge in [0.25, 0.3) is 0 Å². The maximum absolute atomic E-state index is 12.9. The first-order chi connectivity index (χ1) is 37.0. The van der Waals surface area contributed by atoms with Crippen LogP contribution in [-0.2, 0) is 28.6 Å². The molecule has 0 aromatic carbocycles. The fourth-order valence-corrected chi connectivity index (χ4v) is 8.29. The van der Waals surface area contributed by atoms with E-state index in [4.69, 9.17) is 14.2 Å². The molecule has 6 nitrogen and oxygen atoms in total. The Morgan fingerprint density at radius 3 is 0.893 bits per heavy atom. The van der Waals surface area contributed by atoms with Crippen LogP contribution in [0.25, 0.3) is 0 Å². The zero-order valence-corrected chi connectivity index (χ0v) is 48.8. The van der Waals surface area contributed by atoms with Gasteiger partial charge < -0.3 is 14.2 Å². The summed E-state index contributed by atoms with van der Waals surface area (Å²) < 4.78 is 16.8. The normalized spacial score (nSPS) is 12.9. The molecule has 6 heteroatoms. The maximum Gasteiger partial charge on any atom is 0.306 e. The molecule has 0 fully saturated rings. The third-order valence-electron chi connectivity index (χ3n) is 12.9. The van der Waals surface area contributed by atoms with Crippen LogP contribution in [0.5, 0.6) is 0 Å². The van der Waals surface area contributed by atoms with Crippen LogP contribution in [0.4, 0.5) is 0 Å². The van der Waals surface area contributed by atoms with Crippen molar-refractivity contribution in [2.75, 3.05) is 13.2 Å². The molecule has 0 N–H and O–H groups in total. The Balaban J connectivity index is 4.51. The van der Waals surface area contributed by atoms with Crippen LogP contribution in [0, 0.1) is 0 Å². The Labute approximate surface area is 462 Å². The van der Waals surface area contributed by atoms with E-state index < -0.39 is 6.10 Å². The first kappa shape index (κ1) is 70.8. The predicted molar refractivity (Wildman–Crippen MR) is 325 cm³/mol. The molecule has 0 saturated carbocycles. The minimum atomic E-state index is -0.817. The Hall–Kier alpha value is -4.19. The van der Waals surface area contributed by atoms with Gasteiger partial charge in [0.1, 0.15) is 13.2 Å². The van der Waals surface area contributed by atoms with Crippen LogP contribution in [0.1, 0.15) is 278 Å². The molecule has 0 aliphatic heterocycles. The van der Waals surface area contributed by atoms with Gasteiger partial charge in [0.05, 0.1) is 0 Å². The summed E-state index contributed by atoms with van der Waals surface area (Å²) in [4.78, 5) is 38.3. The second-order valence-corrected chi connectivity index (χ2v) is 20.2. The number of ether oxygens (including phenoxy) is 3. The van der Waals surface area contributed by atoms with E-state index in [1.165, 1.54) is 141 Å². The van der Waals surface area contributed by atoms with Crippen molar-refractivity contribution in [2.24, 2.45) is 0 Å². The summed E-state index contributed by atoms with van der Waals surface area (Å²) in [5.74, 6) is -1.000. The smallest absolute Gasteiger partial charge is 0.306 e. The van der Waals surface area contributed by atoms with Crippen molar-refractivity contribution in [1.29, 1.82) is 0 Å². The molecule has 426 valence electrons. The van der Waals surface area contributed by atoms with E-state index in [1.807, 2.05) is 6.08 Å². The van der Waals surface area contributed by atoms with E-state index in [0.29, 0.717) is 19.3 Å². The molecule has 0 rings (SSSR count). The third kappa shape index (κ3) is 60.6. The molecule has 0 amide bonds. The minimum absolute atomic E-state index is 0.107. The van der Waals surface area contributed by atoms with Crippen molar-refractivity contribution in [1.82, 2.24) is 0 Å². The number of allylic oxidation sites excluding steroid dienone is 20. The van der Waals surface area contributed by atoms with E-state index in [1.54, 1.807) is 0 Å². The van der Waals surface area contributed by atoms with Crippen molar-refractivity contribution in [3.05, 3.63) is 122 Å². The summed E-state index contributed by atoms with van der Waals surface area (Å²) in [5.41, 5.74) is 0. The Bertz CT molecular complexity index is 1570. The van der Waals surface area contributed by atoms with Crippen LogP contribution >= 0.6 is 0 Å². The van der Waals surface area contributed by atoms with Gasteiger partial charge in [-0.1, -0.05) is 258 Å². The molecule has 0 bridgehead atoms. The zero-order chi connectivity index (χ0) is 54.3. The molecule has 0 aromatic heterocycles. The maximum atomic E-state index is 12.9. The van der Waals surface area contributed by atoms with Crippen molar-refractivity contribution in [2.45, 2.75) is 284 Å². The first-order valence-electron chi connectivity index (χ1n) is 31.0. The van der Waals surface area contributed by atoms with Crippen molar-refractivity contribution in [3.8, 4) is 0 Å². The van der Waals surface area contributed by atoms with Gasteiger partial charge in [0, 0.05) is 19.3 Å². The van der Waals surface area contributed by atoms with Crippen molar-refractivity contribution >= 4 is 17.9 Å². The highest BCUT2D eigenvalue weighted by Gasteiger charge is 2.19. The van der Waals surface area contributed by atoms with E-state index in [0.717, 1.165) is 89.9 Å². The van der Waals surface area contributed by atoms with Gasteiger partial charge in [-0.25, -0.2) is 0 Å². The summed E-state index contributed by atoms with van der Waals surface area (Å²) >= 11 is 0. The summed E-state index contributed by atoms with van der Waals surface area (Å²) in [6, 6.07) is 0. The summed E-state index contributed by atoms with van der Waals surface area (Å²) in [5, 5.41) is 0. The molecule has 0 heterocycles. The lowest BCUT2D eigenvalue weighted by atomic mass is 10.1. The molecule has 1 atom stereocenters. The standard InChI is InChI=1S/C69H114O6/c1-4-7-10-13-16-19-22-25-28-31-34-37-40-43-46-49-52-55-58-61-67(70)73-64-66(75-69(72)63-60-57-54-51-48-45-42-39-36-33-30-27-24-21-18-15-12-9-6-3)65-74-68(71)62-59-56-53-50-47-44-41-38-35-32-29-26-23-20-17-14-11-8-5-2/h7,10,16-21,25-30,34,37,43,46,52,55,66H,4-6,8-9,11-15,22-24,31-33,35-36,38-42,44-45,47-51,53-54,56-65H2,1-3H3/b10-7-,19-16-,20-17-,21-18-,28-25-,29-26-,30-27-,37-34-,46-43-,55-52-/t66-/m1/s1. The van der Waals surface area contributed by atoms with E-state index >= 15 is 0 Å². The zero-order valence-electron chi connectivity index (χ0n) is 48.8. The van der Waals surface area contributed by atoms with Crippen LogP contribution in [0.2, 0.25) is 0 Å². The number of esters is 3. The Kier molecular flexibility index (Phi) is 58.9. The van der Waals surface area contributed by atoms with Gasteiger partial charge >= 0.3 is 17.9 Å². The predicted octanol–water partition coefficient (Wildman–Crippen LogP) is 21.2. The topological polar surface area (TPSA) is 78.9 Å². The van der Waals surface area contributed by atoms with Gasteiger partial charge in [-0.2, -0.15) is 0 Å². The number of unbranched alkanes of at least 4 members (excludes halogenated alkanes) is 24. The summed E-state index contributed by atoms with van der Waals surface area (Å²) in [6.45, 7) is 6.42. The van der Waals surface area contributed by atoms with Crippen LogP contribution in [0.15, 0.2) is 122 Å². The first-order valence-corrected chi connectivity index (χ1v) is 31.0. The molecular weight excluding hydrogens is 925 g/mol. The van der Waals surface area contributed by atoms with Crippen LogP contribution in [-0.4, -0.2) is 37.2 Å². The minimum Gasteiger partial charge on any atom is -0.462 e. The van der Waals surface area contributed by atoms with E-state index in [2.05, 4.69) is 136 Å². The lowest BCUT2D eigenvalue weighted by Gasteiger charge is -2.18. The lowest BCUT2D eigenvalue weighted by Crippen LogP contribution is -2.30. The average Bonchev–Trinajstić information content (AvgIpc) is 3.41. The highest BCUT2D eigenvalue weighted by Crippen LogP contribution is 2.15. The third-order valence-corrected chi connectivity index (χ3v) is 12.9. The number of rotatable bonds is 55. The molecule has 0 radical (unpaired) electrons. The van der Waals surface area contributed by atoms with E-state index in [9.17, 15) is 14.4 Å². The molecule has 0 saturated heterocycles. The van der Waals surface area contributed by atoms with Gasteiger partial charge in [0.15, 0.2) is 6.10 Å².